The minimum Gasteiger partial charge on any atom is -0.398 e. The van der Waals surface area contributed by atoms with Crippen LogP contribution in [0.3, 0.4) is 0 Å². The largest absolute Gasteiger partial charge is 0.398 e. The molecule has 0 unspecified atom stereocenters. The van der Waals surface area contributed by atoms with Gasteiger partial charge in [-0.15, -0.1) is 0 Å². The van der Waals surface area contributed by atoms with Gasteiger partial charge in [-0.3, -0.25) is 0 Å². The summed E-state index contributed by atoms with van der Waals surface area (Å²) in [5, 5.41) is 4.17. The number of halogens is 1. The Balaban J connectivity index is 1.87. The maximum atomic E-state index is 5.99. The van der Waals surface area contributed by atoms with Gasteiger partial charge in [0.15, 0.2) is 5.82 Å². The number of benzene rings is 1. The maximum Gasteiger partial charge on any atom is 0.260 e. The van der Waals surface area contributed by atoms with Crippen molar-refractivity contribution in [1.82, 2.24) is 10.1 Å². The van der Waals surface area contributed by atoms with E-state index in [1.807, 2.05) is 18.2 Å². The van der Waals surface area contributed by atoms with E-state index < -0.39 is 0 Å². The smallest absolute Gasteiger partial charge is 0.260 e. The molecule has 1 aliphatic carbocycles. The summed E-state index contributed by atoms with van der Waals surface area (Å²) < 4.78 is 6.37. The van der Waals surface area contributed by atoms with Gasteiger partial charge >= 0.3 is 0 Å². The van der Waals surface area contributed by atoms with Crippen LogP contribution in [0.25, 0.3) is 11.5 Å². The second-order valence-electron chi connectivity index (χ2n) is 5.38. The van der Waals surface area contributed by atoms with E-state index in [0.717, 1.165) is 28.7 Å². The lowest BCUT2D eigenvalue weighted by atomic mass is 10.00. The van der Waals surface area contributed by atoms with E-state index in [1.54, 1.807) is 0 Å². The first kappa shape index (κ1) is 13.6. The molecule has 2 aromatic rings. The fourth-order valence-corrected chi connectivity index (χ4v) is 3.12. The van der Waals surface area contributed by atoms with Crippen molar-refractivity contribution in [3.63, 3.8) is 0 Å². The van der Waals surface area contributed by atoms with E-state index in [0.29, 0.717) is 17.5 Å². The molecule has 1 heterocycles. The molecule has 20 heavy (non-hydrogen) atoms. The predicted octanol–water partition coefficient (Wildman–Crippen LogP) is 4.52. The number of anilines is 1. The molecule has 1 aromatic heterocycles. The fraction of sp³-hybridized carbons (Fsp3) is 0.467. The van der Waals surface area contributed by atoms with Gasteiger partial charge in [-0.1, -0.05) is 46.8 Å². The number of aromatic nitrogens is 2. The molecule has 1 fully saturated rings. The Morgan fingerprint density at radius 3 is 2.65 bits per heavy atom. The van der Waals surface area contributed by atoms with Gasteiger partial charge in [0.1, 0.15) is 0 Å². The molecule has 0 bridgehead atoms. The fourth-order valence-electron chi connectivity index (χ4n) is 2.76. The molecule has 0 radical (unpaired) electrons. The highest BCUT2D eigenvalue weighted by Gasteiger charge is 2.21. The van der Waals surface area contributed by atoms with Gasteiger partial charge in [-0.05, 0) is 31.0 Å². The number of rotatable bonds is 2. The third-order valence-corrected chi connectivity index (χ3v) is 4.40. The number of hydrogen-bond donors (Lipinski definition) is 1. The summed E-state index contributed by atoms with van der Waals surface area (Å²) in [6.45, 7) is 0. The zero-order valence-electron chi connectivity index (χ0n) is 11.3. The standard InChI is InChI=1S/C15H18BrN3O/c16-11-7-8-13(17)12(9-11)15-18-14(19-20-15)10-5-3-1-2-4-6-10/h7-10H,1-6,17H2. The van der Waals surface area contributed by atoms with Gasteiger partial charge in [0.2, 0.25) is 0 Å². The quantitative estimate of drug-likeness (QED) is 0.647. The minimum atomic E-state index is 0.434. The summed E-state index contributed by atoms with van der Waals surface area (Å²) in [5.74, 6) is 1.78. The highest BCUT2D eigenvalue weighted by Crippen LogP contribution is 2.33. The van der Waals surface area contributed by atoms with E-state index in [2.05, 4.69) is 26.1 Å². The Morgan fingerprint density at radius 1 is 1.15 bits per heavy atom. The molecule has 1 aliphatic rings. The van der Waals surface area contributed by atoms with Crippen LogP contribution in [0.15, 0.2) is 27.2 Å². The van der Waals surface area contributed by atoms with Crippen molar-refractivity contribution in [3.05, 3.63) is 28.5 Å². The van der Waals surface area contributed by atoms with Crippen molar-refractivity contribution < 1.29 is 4.52 Å². The highest BCUT2D eigenvalue weighted by atomic mass is 79.9. The zero-order valence-corrected chi connectivity index (χ0v) is 12.9. The van der Waals surface area contributed by atoms with Crippen LogP contribution in [0.2, 0.25) is 0 Å². The monoisotopic (exact) mass is 335 g/mol. The Kier molecular flexibility index (Phi) is 4.05. The molecular weight excluding hydrogens is 318 g/mol. The first-order valence-electron chi connectivity index (χ1n) is 7.13. The van der Waals surface area contributed by atoms with E-state index in [-0.39, 0.29) is 0 Å². The molecule has 0 amide bonds. The van der Waals surface area contributed by atoms with Gasteiger partial charge in [-0.2, -0.15) is 4.98 Å². The Morgan fingerprint density at radius 2 is 1.90 bits per heavy atom. The van der Waals surface area contributed by atoms with Crippen LogP contribution in [0.5, 0.6) is 0 Å². The highest BCUT2D eigenvalue weighted by molar-refractivity contribution is 9.10. The molecule has 2 N–H and O–H groups in total. The average Bonchev–Trinajstić information content (AvgIpc) is 2.77. The SMILES string of the molecule is Nc1ccc(Br)cc1-c1nc(C2CCCCCC2)no1. The molecule has 3 rings (SSSR count). The van der Waals surface area contributed by atoms with Crippen LogP contribution < -0.4 is 5.73 Å². The lowest BCUT2D eigenvalue weighted by Gasteiger charge is -2.07. The van der Waals surface area contributed by atoms with Crippen LogP contribution in [0.1, 0.15) is 50.3 Å². The van der Waals surface area contributed by atoms with Crippen LogP contribution in [-0.4, -0.2) is 10.1 Å². The second-order valence-corrected chi connectivity index (χ2v) is 6.29. The van der Waals surface area contributed by atoms with Crippen LogP contribution in [-0.2, 0) is 0 Å². The van der Waals surface area contributed by atoms with Gasteiger partial charge in [0, 0.05) is 16.1 Å². The number of nitrogens with zero attached hydrogens (tertiary/aromatic N) is 2. The van der Waals surface area contributed by atoms with Crippen molar-refractivity contribution in [3.8, 4) is 11.5 Å². The minimum absolute atomic E-state index is 0.434. The van der Waals surface area contributed by atoms with Gasteiger partial charge in [-0.25, -0.2) is 0 Å². The molecule has 1 saturated carbocycles. The Bertz CT molecular complexity index is 589. The van der Waals surface area contributed by atoms with Crippen molar-refractivity contribution in [1.29, 1.82) is 0 Å². The van der Waals surface area contributed by atoms with Crippen LogP contribution in [0, 0.1) is 0 Å². The lowest BCUT2D eigenvalue weighted by molar-refractivity contribution is 0.410. The van der Waals surface area contributed by atoms with E-state index in [4.69, 9.17) is 10.3 Å². The molecule has 106 valence electrons. The summed E-state index contributed by atoms with van der Waals surface area (Å²) >= 11 is 3.44. The summed E-state index contributed by atoms with van der Waals surface area (Å²) in [7, 11) is 0. The van der Waals surface area contributed by atoms with E-state index in [1.165, 1.54) is 25.7 Å². The van der Waals surface area contributed by atoms with E-state index in [9.17, 15) is 0 Å². The van der Waals surface area contributed by atoms with Crippen molar-refractivity contribution in [2.45, 2.75) is 44.4 Å². The molecule has 0 atom stereocenters. The van der Waals surface area contributed by atoms with Gasteiger partial charge in [0.05, 0.1) is 5.56 Å². The Hall–Kier alpha value is -1.36. The lowest BCUT2D eigenvalue weighted by Crippen LogP contribution is -1.99. The molecule has 0 spiro atoms. The molecule has 4 nitrogen and oxygen atoms in total. The first-order valence-corrected chi connectivity index (χ1v) is 7.92. The van der Waals surface area contributed by atoms with Crippen LogP contribution >= 0.6 is 15.9 Å². The molecule has 0 aliphatic heterocycles. The predicted molar refractivity (Wildman–Crippen MR) is 82.3 cm³/mol. The number of nitrogens with two attached hydrogens (primary N) is 1. The van der Waals surface area contributed by atoms with Crippen molar-refractivity contribution >= 4 is 21.6 Å². The first-order chi connectivity index (χ1) is 9.74. The summed E-state index contributed by atoms with van der Waals surface area (Å²) in [4.78, 5) is 4.57. The number of nitrogen functional groups attached to an aromatic ring is 1. The van der Waals surface area contributed by atoms with Crippen LogP contribution in [0.4, 0.5) is 5.69 Å². The molecule has 0 saturated heterocycles. The van der Waals surface area contributed by atoms with Gasteiger partial charge < -0.3 is 10.3 Å². The third kappa shape index (κ3) is 2.87. The second kappa shape index (κ2) is 5.95. The maximum absolute atomic E-state index is 5.99. The third-order valence-electron chi connectivity index (χ3n) is 3.91. The average molecular weight is 336 g/mol. The summed E-state index contributed by atoms with van der Waals surface area (Å²) in [5.41, 5.74) is 7.44. The zero-order chi connectivity index (χ0) is 13.9. The molecule has 1 aromatic carbocycles. The summed E-state index contributed by atoms with van der Waals surface area (Å²) in [6.07, 6.45) is 7.47. The normalized spacial score (nSPS) is 17.1. The van der Waals surface area contributed by atoms with Crippen molar-refractivity contribution in [2.24, 2.45) is 0 Å². The van der Waals surface area contributed by atoms with Crippen molar-refractivity contribution in [2.75, 3.05) is 5.73 Å². The molecular formula is C15H18BrN3O. The number of hydrogen-bond acceptors (Lipinski definition) is 4. The summed E-state index contributed by atoms with van der Waals surface area (Å²) in [6, 6.07) is 5.66. The van der Waals surface area contributed by atoms with Gasteiger partial charge in [0.25, 0.3) is 5.89 Å². The Labute approximate surface area is 126 Å². The molecule has 5 heteroatoms. The van der Waals surface area contributed by atoms with E-state index >= 15 is 0 Å². The topological polar surface area (TPSA) is 64.9 Å².